The van der Waals surface area contributed by atoms with Crippen LogP contribution in [0, 0.1) is 19.8 Å². The maximum atomic E-state index is 13.7. The smallest absolute Gasteiger partial charge is 0.367 e. The average molecular weight is 407 g/mol. The molecule has 2 aliphatic rings. The van der Waals surface area contributed by atoms with Crippen molar-refractivity contribution < 1.29 is 18.0 Å². The number of pyridine rings is 1. The van der Waals surface area contributed by atoms with E-state index in [1.165, 1.54) is 0 Å². The normalized spacial score (nSPS) is 24.7. The van der Waals surface area contributed by atoms with Crippen LogP contribution in [-0.2, 0) is 0 Å². The van der Waals surface area contributed by atoms with Gasteiger partial charge in [0.15, 0.2) is 6.04 Å². The van der Waals surface area contributed by atoms with E-state index in [-0.39, 0.29) is 24.3 Å². The van der Waals surface area contributed by atoms with E-state index in [0.717, 1.165) is 17.5 Å². The van der Waals surface area contributed by atoms with E-state index in [1.807, 2.05) is 0 Å². The number of amides is 1. The van der Waals surface area contributed by atoms with Crippen LogP contribution >= 0.6 is 0 Å². The third-order valence-corrected chi connectivity index (χ3v) is 5.89. The zero-order valence-electron chi connectivity index (χ0n) is 16.4. The number of hydrogen-bond donors (Lipinski definition) is 1. The van der Waals surface area contributed by atoms with Gasteiger partial charge >= 0.3 is 6.18 Å². The predicted octanol–water partition coefficient (Wildman–Crippen LogP) is 3.73. The molecule has 3 atom stereocenters. The van der Waals surface area contributed by atoms with Crippen LogP contribution in [0.25, 0.3) is 0 Å². The van der Waals surface area contributed by atoms with Crippen LogP contribution < -0.4 is 5.32 Å². The summed E-state index contributed by atoms with van der Waals surface area (Å²) in [5.41, 5.74) is 1.76. The third kappa shape index (κ3) is 3.82. The number of fused-ring (bicyclic) bond motifs is 1. The molecule has 2 aromatic heterocycles. The first-order valence-corrected chi connectivity index (χ1v) is 9.84. The van der Waals surface area contributed by atoms with Gasteiger partial charge in [0.25, 0.3) is 5.91 Å². The second-order valence-electron chi connectivity index (χ2n) is 7.95. The number of carbonyl (C=O) groups excluding carboxylic acids is 1. The molecule has 0 aliphatic carbocycles. The van der Waals surface area contributed by atoms with Gasteiger partial charge in [-0.05, 0) is 51.2 Å². The first-order valence-electron chi connectivity index (χ1n) is 9.84. The standard InChI is InChI=1S/C20H24F3N5O/c1-12-9-18-25-16(10-17(20(21,22)23)28(18)26-12)14-5-4-8-27(11-14)19(29)15-6-3-7-24-13(15)2/h3,6-7,9,14,16-17,25H,4-5,8,10-11H2,1-2H3/t14?,16-,17+/m0/s1. The number of likely N-dealkylation sites (tertiary alicyclic amines) is 1. The molecule has 9 heteroatoms. The van der Waals surface area contributed by atoms with Gasteiger partial charge in [-0.15, -0.1) is 0 Å². The fraction of sp³-hybridized carbons (Fsp3) is 0.550. The van der Waals surface area contributed by atoms with Crippen LogP contribution in [0.15, 0.2) is 24.4 Å². The van der Waals surface area contributed by atoms with Crippen LogP contribution in [-0.4, -0.2) is 50.9 Å². The highest BCUT2D eigenvalue weighted by molar-refractivity contribution is 5.95. The molecule has 0 radical (unpaired) electrons. The first-order chi connectivity index (χ1) is 13.7. The first kappa shape index (κ1) is 19.7. The maximum absolute atomic E-state index is 13.7. The minimum Gasteiger partial charge on any atom is -0.367 e. The van der Waals surface area contributed by atoms with Gasteiger partial charge in [-0.3, -0.25) is 9.78 Å². The van der Waals surface area contributed by atoms with Crippen molar-refractivity contribution in [2.24, 2.45) is 5.92 Å². The Morgan fingerprint density at radius 3 is 2.83 bits per heavy atom. The fourth-order valence-corrected chi connectivity index (χ4v) is 4.44. The van der Waals surface area contributed by atoms with Crippen molar-refractivity contribution in [1.82, 2.24) is 19.7 Å². The highest BCUT2D eigenvalue weighted by atomic mass is 19.4. The predicted molar refractivity (Wildman–Crippen MR) is 102 cm³/mol. The monoisotopic (exact) mass is 407 g/mol. The van der Waals surface area contributed by atoms with Crippen LogP contribution in [0.1, 0.15) is 47.1 Å². The molecule has 1 fully saturated rings. The molecule has 0 bridgehead atoms. The number of nitrogens with one attached hydrogen (secondary N) is 1. The Labute approximate surface area is 167 Å². The summed E-state index contributed by atoms with van der Waals surface area (Å²) in [6.07, 6.45) is -1.27. The Hall–Kier alpha value is -2.58. The maximum Gasteiger partial charge on any atom is 0.410 e. The molecule has 6 nitrogen and oxygen atoms in total. The van der Waals surface area contributed by atoms with E-state index in [0.29, 0.717) is 35.9 Å². The van der Waals surface area contributed by atoms with Crippen molar-refractivity contribution in [3.63, 3.8) is 0 Å². The van der Waals surface area contributed by atoms with Crippen molar-refractivity contribution in [3.05, 3.63) is 41.3 Å². The zero-order valence-corrected chi connectivity index (χ0v) is 16.4. The lowest BCUT2D eigenvalue weighted by molar-refractivity contribution is -0.174. The summed E-state index contributed by atoms with van der Waals surface area (Å²) in [6, 6.07) is 3.10. The highest BCUT2D eigenvalue weighted by Crippen LogP contribution is 2.42. The summed E-state index contributed by atoms with van der Waals surface area (Å²) in [7, 11) is 0. The van der Waals surface area contributed by atoms with E-state index < -0.39 is 12.2 Å². The summed E-state index contributed by atoms with van der Waals surface area (Å²) >= 11 is 0. The minimum atomic E-state index is -4.37. The Balaban J connectivity index is 1.54. The van der Waals surface area contributed by atoms with Gasteiger partial charge in [-0.25, -0.2) is 4.68 Å². The molecule has 2 aromatic rings. The Morgan fingerprint density at radius 1 is 1.31 bits per heavy atom. The Morgan fingerprint density at radius 2 is 2.10 bits per heavy atom. The van der Waals surface area contributed by atoms with E-state index in [1.54, 1.807) is 43.1 Å². The largest absolute Gasteiger partial charge is 0.410 e. The molecule has 1 amide bonds. The van der Waals surface area contributed by atoms with Gasteiger partial charge in [-0.2, -0.15) is 18.3 Å². The van der Waals surface area contributed by atoms with Crippen molar-refractivity contribution in [2.75, 3.05) is 18.4 Å². The number of rotatable bonds is 2. The van der Waals surface area contributed by atoms with Crippen LogP contribution in [0.2, 0.25) is 0 Å². The van der Waals surface area contributed by atoms with Gasteiger partial charge < -0.3 is 10.2 Å². The number of halogens is 3. The van der Waals surface area contributed by atoms with Gasteiger partial charge in [0.1, 0.15) is 5.82 Å². The van der Waals surface area contributed by atoms with E-state index in [9.17, 15) is 18.0 Å². The molecule has 1 N–H and O–H groups in total. The fourth-order valence-electron chi connectivity index (χ4n) is 4.44. The van der Waals surface area contributed by atoms with Crippen LogP contribution in [0.4, 0.5) is 19.0 Å². The Bertz CT molecular complexity index is 910. The molecular formula is C20H24F3N5O. The topological polar surface area (TPSA) is 63.1 Å². The van der Waals surface area contributed by atoms with Crippen molar-refractivity contribution in [1.29, 1.82) is 0 Å². The average Bonchev–Trinajstić information content (AvgIpc) is 3.06. The number of carbonyl (C=O) groups is 1. The second kappa shape index (κ2) is 7.35. The molecule has 156 valence electrons. The lowest BCUT2D eigenvalue weighted by Crippen LogP contribution is -2.49. The van der Waals surface area contributed by atoms with Crippen molar-refractivity contribution in [3.8, 4) is 0 Å². The van der Waals surface area contributed by atoms with E-state index in [2.05, 4.69) is 15.4 Å². The molecular weight excluding hydrogens is 383 g/mol. The second-order valence-corrected chi connectivity index (χ2v) is 7.95. The van der Waals surface area contributed by atoms with Crippen LogP contribution in [0.5, 0.6) is 0 Å². The molecule has 4 rings (SSSR count). The van der Waals surface area contributed by atoms with Gasteiger partial charge in [0.2, 0.25) is 0 Å². The zero-order chi connectivity index (χ0) is 20.8. The summed E-state index contributed by atoms with van der Waals surface area (Å²) in [6.45, 7) is 4.51. The van der Waals surface area contributed by atoms with E-state index in [4.69, 9.17) is 0 Å². The van der Waals surface area contributed by atoms with Gasteiger partial charge in [-0.1, -0.05) is 0 Å². The summed E-state index contributed by atoms with van der Waals surface area (Å²) in [5, 5.41) is 7.28. The molecule has 29 heavy (non-hydrogen) atoms. The van der Waals surface area contributed by atoms with Crippen LogP contribution in [0.3, 0.4) is 0 Å². The number of piperidine rings is 1. The van der Waals surface area contributed by atoms with Gasteiger partial charge in [0, 0.05) is 37.1 Å². The van der Waals surface area contributed by atoms with E-state index >= 15 is 0 Å². The number of hydrogen-bond acceptors (Lipinski definition) is 4. The molecule has 1 unspecified atom stereocenters. The SMILES string of the molecule is Cc1cc2n(n1)[C@@H](C(F)(F)F)C[C@@H](C1CCCN(C(=O)c3cccnc3C)C1)N2. The molecule has 0 saturated carbocycles. The highest BCUT2D eigenvalue weighted by Gasteiger charge is 2.48. The molecule has 0 spiro atoms. The number of aromatic nitrogens is 3. The summed E-state index contributed by atoms with van der Waals surface area (Å²) in [5.74, 6) is 0.232. The lowest BCUT2D eigenvalue weighted by atomic mass is 9.85. The summed E-state index contributed by atoms with van der Waals surface area (Å²) < 4.78 is 42.1. The minimum absolute atomic E-state index is 0.0570. The third-order valence-electron chi connectivity index (χ3n) is 5.89. The number of aryl methyl sites for hydroxylation is 2. The van der Waals surface area contributed by atoms with Crippen molar-refractivity contribution >= 4 is 11.7 Å². The molecule has 0 aromatic carbocycles. The molecule has 1 saturated heterocycles. The number of alkyl halides is 3. The number of anilines is 1. The lowest BCUT2D eigenvalue weighted by Gasteiger charge is -2.41. The van der Waals surface area contributed by atoms with Gasteiger partial charge in [0.05, 0.1) is 11.3 Å². The number of nitrogens with zero attached hydrogens (tertiary/aromatic N) is 4. The Kier molecular flexibility index (Phi) is 5.00. The van der Waals surface area contributed by atoms with Crippen molar-refractivity contribution in [2.45, 2.75) is 51.4 Å². The quantitative estimate of drug-likeness (QED) is 0.824. The molecule has 2 aliphatic heterocycles. The molecule has 4 heterocycles. The summed E-state index contributed by atoms with van der Waals surface area (Å²) in [4.78, 5) is 18.9.